The molecule has 0 aliphatic carbocycles. The van der Waals surface area contributed by atoms with E-state index in [2.05, 4.69) is 43.2 Å². The number of nitrogens with one attached hydrogen (secondary N) is 1. The summed E-state index contributed by atoms with van der Waals surface area (Å²) in [6, 6.07) is 0. The van der Waals surface area contributed by atoms with E-state index in [0.29, 0.717) is 11.7 Å². The van der Waals surface area contributed by atoms with Crippen molar-refractivity contribution in [2.45, 2.75) is 6.42 Å². The van der Waals surface area contributed by atoms with Gasteiger partial charge in [0.2, 0.25) is 0 Å². The minimum atomic E-state index is 0.473. The Morgan fingerprint density at radius 3 is 3.12 bits per heavy atom. The highest BCUT2D eigenvalue weighted by Gasteiger charge is 2.19. The molecule has 3 N–H and O–H groups in total. The molecule has 0 aromatic carbocycles. The second-order valence-electron chi connectivity index (χ2n) is 4.22. The Morgan fingerprint density at radius 1 is 1.62 bits per heavy atom. The lowest BCUT2D eigenvalue weighted by atomic mass is 10.1. The second-order valence-corrected chi connectivity index (χ2v) is 5.01. The van der Waals surface area contributed by atoms with Crippen LogP contribution in [0.3, 0.4) is 0 Å². The van der Waals surface area contributed by atoms with Gasteiger partial charge in [0, 0.05) is 13.1 Å². The molecule has 1 aromatic heterocycles. The molecule has 0 spiro atoms. The molecule has 16 heavy (non-hydrogen) atoms. The van der Waals surface area contributed by atoms with E-state index in [-0.39, 0.29) is 0 Å². The molecule has 1 unspecified atom stereocenters. The number of rotatable bonds is 3. The molecule has 1 aliphatic rings. The molecule has 0 amide bonds. The third kappa shape index (κ3) is 2.62. The van der Waals surface area contributed by atoms with Crippen LogP contribution in [0.2, 0.25) is 0 Å². The van der Waals surface area contributed by atoms with Crippen molar-refractivity contribution in [2.75, 3.05) is 37.7 Å². The molecule has 1 aromatic rings. The van der Waals surface area contributed by atoms with Crippen molar-refractivity contribution in [2.24, 2.45) is 5.92 Å². The average molecular weight is 286 g/mol. The Bertz CT molecular complexity index is 370. The molecule has 88 valence electrons. The molecule has 2 heterocycles. The molecular weight excluding hydrogens is 270 g/mol. The fraction of sp³-hybridized carbons (Fsp3) is 0.600. The fourth-order valence-corrected chi connectivity index (χ4v) is 2.29. The normalized spacial score (nSPS) is 21.2. The van der Waals surface area contributed by atoms with Crippen LogP contribution in [0.25, 0.3) is 0 Å². The van der Waals surface area contributed by atoms with Gasteiger partial charge in [-0.2, -0.15) is 0 Å². The monoisotopic (exact) mass is 285 g/mol. The minimum Gasteiger partial charge on any atom is -0.383 e. The lowest BCUT2D eigenvalue weighted by Crippen LogP contribution is -2.19. The van der Waals surface area contributed by atoms with Crippen LogP contribution in [0.15, 0.2) is 10.8 Å². The zero-order valence-corrected chi connectivity index (χ0v) is 10.9. The van der Waals surface area contributed by atoms with Gasteiger partial charge in [-0.3, -0.25) is 0 Å². The first-order valence-electron chi connectivity index (χ1n) is 5.35. The van der Waals surface area contributed by atoms with Gasteiger partial charge in [-0.25, -0.2) is 9.97 Å². The van der Waals surface area contributed by atoms with Crippen molar-refractivity contribution in [3.63, 3.8) is 0 Å². The van der Waals surface area contributed by atoms with Crippen LogP contribution >= 0.6 is 15.9 Å². The van der Waals surface area contributed by atoms with Gasteiger partial charge < -0.3 is 16.0 Å². The summed E-state index contributed by atoms with van der Waals surface area (Å²) in [4.78, 5) is 10.4. The molecule has 0 bridgehead atoms. The van der Waals surface area contributed by atoms with Crippen LogP contribution in [0.4, 0.5) is 11.6 Å². The fourth-order valence-electron chi connectivity index (χ4n) is 1.94. The maximum absolute atomic E-state index is 5.68. The van der Waals surface area contributed by atoms with E-state index in [1.165, 1.54) is 19.3 Å². The maximum atomic E-state index is 5.68. The highest BCUT2D eigenvalue weighted by atomic mass is 79.9. The first-order valence-corrected chi connectivity index (χ1v) is 6.14. The Kier molecular flexibility index (Phi) is 3.60. The Labute approximate surface area is 104 Å². The highest BCUT2D eigenvalue weighted by molar-refractivity contribution is 9.10. The molecule has 5 nitrogen and oxygen atoms in total. The molecule has 2 rings (SSSR count). The van der Waals surface area contributed by atoms with Crippen molar-refractivity contribution in [3.8, 4) is 0 Å². The van der Waals surface area contributed by atoms with Gasteiger partial charge in [0.05, 0.1) is 0 Å². The highest BCUT2D eigenvalue weighted by Crippen LogP contribution is 2.24. The minimum absolute atomic E-state index is 0.473. The van der Waals surface area contributed by atoms with E-state index < -0.39 is 0 Å². The molecule has 6 heteroatoms. The Hall–Kier alpha value is -0.880. The van der Waals surface area contributed by atoms with Gasteiger partial charge >= 0.3 is 0 Å². The number of nitrogen functional groups attached to an aromatic ring is 1. The number of hydrogen-bond acceptors (Lipinski definition) is 5. The second kappa shape index (κ2) is 4.97. The number of halogens is 1. The SMILES string of the molecule is CN1CCC(CNc2ncnc(N)c2Br)C1. The molecular formula is C10H16BrN5. The van der Waals surface area contributed by atoms with Crippen molar-refractivity contribution in [1.29, 1.82) is 0 Å². The zero-order valence-electron chi connectivity index (χ0n) is 9.28. The van der Waals surface area contributed by atoms with Crippen LogP contribution in [0.5, 0.6) is 0 Å². The van der Waals surface area contributed by atoms with Gasteiger partial charge in [-0.05, 0) is 41.9 Å². The van der Waals surface area contributed by atoms with E-state index in [0.717, 1.165) is 23.4 Å². The number of likely N-dealkylation sites (tertiary alicyclic amines) is 1. The topological polar surface area (TPSA) is 67.1 Å². The number of nitrogens with zero attached hydrogens (tertiary/aromatic N) is 3. The Morgan fingerprint density at radius 2 is 2.44 bits per heavy atom. The average Bonchev–Trinajstić information content (AvgIpc) is 2.67. The van der Waals surface area contributed by atoms with E-state index in [9.17, 15) is 0 Å². The van der Waals surface area contributed by atoms with Gasteiger partial charge in [0.1, 0.15) is 22.4 Å². The molecule has 1 atom stereocenters. The third-order valence-electron chi connectivity index (χ3n) is 2.86. The van der Waals surface area contributed by atoms with Crippen molar-refractivity contribution >= 4 is 27.6 Å². The lowest BCUT2D eigenvalue weighted by molar-refractivity contribution is 0.399. The van der Waals surface area contributed by atoms with Crippen LogP contribution in [0, 0.1) is 5.92 Å². The summed E-state index contributed by atoms with van der Waals surface area (Å²) in [5.74, 6) is 1.94. The summed E-state index contributed by atoms with van der Waals surface area (Å²) >= 11 is 3.38. The third-order valence-corrected chi connectivity index (χ3v) is 3.65. The van der Waals surface area contributed by atoms with Crippen LogP contribution in [-0.2, 0) is 0 Å². The van der Waals surface area contributed by atoms with E-state index in [1.807, 2.05) is 0 Å². The molecule has 0 saturated carbocycles. The van der Waals surface area contributed by atoms with Crippen LogP contribution in [-0.4, -0.2) is 41.5 Å². The number of nitrogens with two attached hydrogens (primary N) is 1. The predicted molar refractivity (Wildman–Crippen MR) is 68.2 cm³/mol. The molecule has 0 radical (unpaired) electrons. The van der Waals surface area contributed by atoms with Gasteiger partial charge in [-0.15, -0.1) is 0 Å². The summed E-state index contributed by atoms with van der Waals surface area (Å²) < 4.78 is 0.751. The van der Waals surface area contributed by atoms with Crippen molar-refractivity contribution in [1.82, 2.24) is 14.9 Å². The first-order chi connectivity index (χ1) is 7.66. The lowest BCUT2D eigenvalue weighted by Gasteiger charge is -2.13. The molecule has 1 aliphatic heterocycles. The predicted octanol–water partition coefficient (Wildman–Crippen LogP) is 1.18. The summed E-state index contributed by atoms with van der Waals surface area (Å²) in [7, 11) is 2.15. The smallest absolute Gasteiger partial charge is 0.145 e. The van der Waals surface area contributed by atoms with E-state index in [4.69, 9.17) is 5.73 Å². The summed E-state index contributed by atoms with van der Waals surface area (Å²) in [5.41, 5.74) is 5.68. The van der Waals surface area contributed by atoms with Gasteiger partial charge in [0.15, 0.2) is 0 Å². The largest absolute Gasteiger partial charge is 0.383 e. The maximum Gasteiger partial charge on any atom is 0.145 e. The summed E-state index contributed by atoms with van der Waals surface area (Å²) in [6.45, 7) is 3.25. The van der Waals surface area contributed by atoms with E-state index >= 15 is 0 Å². The molecule has 1 fully saturated rings. The van der Waals surface area contributed by atoms with Gasteiger partial charge in [0.25, 0.3) is 0 Å². The summed E-state index contributed by atoms with van der Waals surface area (Å²) in [5, 5.41) is 3.31. The van der Waals surface area contributed by atoms with Crippen molar-refractivity contribution < 1.29 is 0 Å². The van der Waals surface area contributed by atoms with Crippen LogP contribution < -0.4 is 11.1 Å². The first kappa shape index (κ1) is 11.6. The van der Waals surface area contributed by atoms with E-state index in [1.54, 1.807) is 0 Å². The standard InChI is InChI=1S/C10H16BrN5/c1-16-3-2-7(5-16)4-13-10-8(11)9(12)14-6-15-10/h6-7H,2-5H2,1H3,(H3,12,13,14,15). The zero-order chi connectivity index (χ0) is 11.5. The summed E-state index contributed by atoms with van der Waals surface area (Å²) in [6.07, 6.45) is 2.71. The van der Waals surface area contributed by atoms with Gasteiger partial charge in [-0.1, -0.05) is 0 Å². The Balaban J connectivity index is 1.92. The molecule has 1 saturated heterocycles. The van der Waals surface area contributed by atoms with Crippen LogP contribution in [0.1, 0.15) is 6.42 Å². The van der Waals surface area contributed by atoms with Crippen molar-refractivity contribution in [3.05, 3.63) is 10.8 Å². The number of anilines is 2. The quantitative estimate of drug-likeness (QED) is 0.873. The number of hydrogen-bond donors (Lipinski definition) is 2. The number of aromatic nitrogens is 2.